The van der Waals surface area contributed by atoms with Crippen LogP contribution in [-0.2, 0) is 6.42 Å². The van der Waals surface area contributed by atoms with Crippen molar-refractivity contribution in [3.8, 4) is 11.5 Å². The fourth-order valence-electron chi connectivity index (χ4n) is 1.44. The second-order valence-electron chi connectivity index (χ2n) is 3.51. The van der Waals surface area contributed by atoms with Crippen LogP contribution in [0.2, 0.25) is 0 Å². The van der Waals surface area contributed by atoms with E-state index in [1.807, 2.05) is 30.4 Å². The Labute approximate surface area is 104 Å². The number of phenolic OH excluding ortho intramolecular Hbond substituents is 1. The van der Waals surface area contributed by atoms with Crippen LogP contribution in [0.25, 0.3) is 6.08 Å². The van der Waals surface area contributed by atoms with Crippen LogP contribution in [0.3, 0.4) is 0 Å². The number of aromatic nitrogens is 1. The van der Waals surface area contributed by atoms with Gasteiger partial charge in [-0.2, -0.15) is 0 Å². The zero-order valence-electron chi connectivity index (χ0n) is 9.46. The fourth-order valence-corrected chi connectivity index (χ4v) is 1.99. The van der Waals surface area contributed by atoms with Crippen molar-refractivity contribution < 1.29 is 9.84 Å². The topological polar surface area (TPSA) is 42.4 Å². The summed E-state index contributed by atoms with van der Waals surface area (Å²) < 4.78 is 9.05. The van der Waals surface area contributed by atoms with E-state index in [-0.39, 0.29) is 5.75 Å². The van der Waals surface area contributed by atoms with E-state index in [2.05, 4.69) is 4.37 Å². The van der Waals surface area contributed by atoms with Gasteiger partial charge in [-0.25, -0.2) is 4.37 Å². The Bertz CT molecular complexity index is 506. The summed E-state index contributed by atoms with van der Waals surface area (Å²) >= 11 is 1.48. The number of allylic oxidation sites excluding steroid dienone is 1. The molecule has 1 aromatic carbocycles. The van der Waals surface area contributed by atoms with E-state index in [1.54, 1.807) is 19.4 Å². The molecule has 2 aromatic rings. The van der Waals surface area contributed by atoms with Crippen LogP contribution in [0.4, 0.5) is 0 Å². The summed E-state index contributed by atoms with van der Waals surface area (Å²) in [7, 11) is 1.58. The van der Waals surface area contributed by atoms with Gasteiger partial charge in [-0.05, 0) is 29.7 Å². The highest BCUT2D eigenvalue weighted by atomic mass is 32.1. The van der Waals surface area contributed by atoms with Crippen molar-refractivity contribution in [3.63, 3.8) is 0 Å². The lowest BCUT2D eigenvalue weighted by atomic mass is 10.1. The van der Waals surface area contributed by atoms with Gasteiger partial charge in [0.15, 0.2) is 0 Å². The molecule has 0 saturated heterocycles. The summed E-state index contributed by atoms with van der Waals surface area (Å²) in [5, 5.41) is 9.74. The highest BCUT2D eigenvalue weighted by molar-refractivity contribution is 7.05. The molecule has 1 aromatic heterocycles. The first-order valence-electron chi connectivity index (χ1n) is 5.22. The Morgan fingerprint density at radius 1 is 1.41 bits per heavy atom. The molecule has 0 radical (unpaired) electrons. The number of hydrogen-bond donors (Lipinski definition) is 1. The zero-order chi connectivity index (χ0) is 12.1. The van der Waals surface area contributed by atoms with Gasteiger partial charge in [-0.15, -0.1) is 0 Å². The molecule has 2 rings (SSSR count). The van der Waals surface area contributed by atoms with Crippen molar-refractivity contribution in [2.45, 2.75) is 6.42 Å². The van der Waals surface area contributed by atoms with Gasteiger partial charge < -0.3 is 9.84 Å². The van der Waals surface area contributed by atoms with Crippen LogP contribution in [0.15, 0.2) is 36.5 Å². The average Bonchev–Trinajstić information content (AvgIpc) is 2.84. The number of benzene rings is 1. The van der Waals surface area contributed by atoms with Crippen molar-refractivity contribution in [1.29, 1.82) is 0 Å². The van der Waals surface area contributed by atoms with Crippen molar-refractivity contribution in [1.82, 2.24) is 4.37 Å². The molecule has 1 N–H and O–H groups in total. The highest BCUT2D eigenvalue weighted by Gasteiger charge is 1.99. The van der Waals surface area contributed by atoms with Crippen molar-refractivity contribution in [2.24, 2.45) is 0 Å². The van der Waals surface area contributed by atoms with Gasteiger partial charge in [0, 0.05) is 29.1 Å². The van der Waals surface area contributed by atoms with Gasteiger partial charge >= 0.3 is 0 Å². The largest absolute Gasteiger partial charge is 0.507 e. The molecule has 0 aliphatic rings. The first-order chi connectivity index (χ1) is 8.29. The number of methoxy groups -OCH3 is 1. The molecule has 1 heterocycles. The predicted octanol–water partition coefficient (Wildman–Crippen LogP) is 3.11. The second-order valence-corrected chi connectivity index (χ2v) is 4.43. The number of ether oxygens (including phenoxy) is 1. The third-order valence-corrected chi connectivity index (χ3v) is 3.11. The predicted molar refractivity (Wildman–Crippen MR) is 69.5 cm³/mol. The Morgan fingerprint density at radius 3 is 2.94 bits per heavy atom. The number of aromatic hydroxyl groups is 1. The second kappa shape index (κ2) is 5.50. The molecular weight excluding hydrogens is 234 g/mol. The lowest BCUT2D eigenvalue weighted by Crippen LogP contribution is -1.83. The summed E-state index contributed by atoms with van der Waals surface area (Å²) in [4.78, 5) is 1.20. The maximum atomic E-state index is 9.74. The molecule has 0 unspecified atom stereocenters. The molecule has 0 aliphatic carbocycles. The molecule has 0 saturated carbocycles. The van der Waals surface area contributed by atoms with E-state index < -0.39 is 0 Å². The van der Waals surface area contributed by atoms with Gasteiger partial charge in [0.2, 0.25) is 0 Å². The first kappa shape index (κ1) is 11.7. The number of nitrogens with zero attached hydrogens (tertiary/aromatic N) is 1. The van der Waals surface area contributed by atoms with Crippen molar-refractivity contribution in [3.05, 3.63) is 47.0 Å². The number of hydrogen-bond acceptors (Lipinski definition) is 4. The molecule has 0 atom stereocenters. The van der Waals surface area contributed by atoms with Crippen LogP contribution in [0, 0.1) is 0 Å². The van der Waals surface area contributed by atoms with E-state index in [0.717, 1.165) is 12.0 Å². The Kier molecular flexibility index (Phi) is 3.77. The molecule has 0 spiro atoms. The minimum Gasteiger partial charge on any atom is -0.507 e. The van der Waals surface area contributed by atoms with E-state index >= 15 is 0 Å². The summed E-state index contributed by atoms with van der Waals surface area (Å²) in [6.07, 6.45) is 6.53. The lowest BCUT2D eigenvalue weighted by Gasteiger charge is -2.02. The first-order valence-corrected chi connectivity index (χ1v) is 6.00. The van der Waals surface area contributed by atoms with Crippen LogP contribution in [-0.4, -0.2) is 16.6 Å². The fraction of sp³-hybridized carbons (Fsp3) is 0.154. The van der Waals surface area contributed by atoms with Crippen LogP contribution >= 0.6 is 11.5 Å². The zero-order valence-corrected chi connectivity index (χ0v) is 10.3. The molecule has 0 amide bonds. The summed E-state index contributed by atoms with van der Waals surface area (Å²) in [6, 6.07) is 7.25. The van der Waals surface area contributed by atoms with Gasteiger partial charge in [-0.1, -0.05) is 12.2 Å². The minimum atomic E-state index is 0.227. The normalized spacial score (nSPS) is 10.9. The van der Waals surface area contributed by atoms with Crippen LogP contribution in [0.5, 0.6) is 11.5 Å². The molecular formula is C13H13NO2S. The van der Waals surface area contributed by atoms with E-state index in [0.29, 0.717) is 5.75 Å². The SMILES string of the molecule is COc1ccc(/C=C/Cc2ccns2)c(O)c1. The lowest BCUT2D eigenvalue weighted by molar-refractivity contribution is 0.407. The number of phenols is 1. The summed E-state index contributed by atoms with van der Waals surface area (Å²) in [5.41, 5.74) is 0.787. The third kappa shape index (κ3) is 3.07. The van der Waals surface area contributed by atoms with Crippen LogP contribution < -0.4 is 4.74 Å². The summed E-state index contributed by atoms with van der Waals surface area (Å²) in [6.45, 7) is 0. The van der Waals surface area contributed by atoms with Crippen molar-refractivity contribution >= 4 is 17.6 Å². The molecule has 0 fully saturated rings. The minimum absolute atomic E-state index is 0.227. The molecule has 0 aliphatic heterocycles. The maximum Gasteiger partial charge on any atom is 0.126 e. The molecule has 3 nitrogen and oxygen atoms in total. The van der Waals surface area contributed by atoms with Gasteiger partial charge in [-0.3, -0.25) is 0 Å². The van der Waals surface area contributed by atoms with Gasteiger partial charge in [0.1, 0.15) is 11.5 Å². The smallest absolute Gasteiger partial charge is 0.126 e. The quantitative estimate of drug-likeness (QED) is 0.902. The highest BCUT2D eigenvalue weighted by Crippen LogP contribution is 2.24. The third-order valence-electron chi connectivity index (χ3n) is 2.35. The van der Waals surface area contributed by atoms with Gasteiger partial charge in [0.05, 0.1) is 7.11 Å². The summed E-state index contributed by atoms with van der Waals surface area (Å²) in [5.74, 6) is 0.881. The molecule has 88 valence electrons. The van der Waals surface area contributed by atoms with E-state index in [1.165, 1.54) is 16.4 Å². The van der Waals surface area contributed by atoms with E-state index in [4.69, 9.17) is 4.74 Å². The average molecular weight is 247 g/mol. The molecule has 17 heavy (non-hydrogen) atoms. The van der Waals surface area contributed by atoms with Crippen molar-refractivity contribution in [2.75, 3.05) is 7.11 Å². The van der Waals surface area contributed by atoms with Crippen LogP contribution in [0.1, 0.15) is 10.4 Å². The Balaban J connectivity index is 2.05. The van der Waals surface area contributed by atoms with E-state index in [9.17, 15) is 5.11 Å². The van der Waals surface area contributed by atoms with Gasteiger partial charge in [0.25, 0.3) is 0 Å². The maximum absolute atomic E-state index is 9.74. The number of rotatable bonds is 4. The monoisotopic (exact) mass is 247 g/mol. The Morgan fingerprint density at radius 2 is 2.29 bits per heavy atom. The standard InChI is InChI=1S/C13H13NO2S/c1-16-11-6-5-10(13(15)9-11)3-2-4-12-7-8-14-17-12/h2-3,5-9,15H,4H2,1H3/b3-2+. The Hall–Kier alpha value is -1.81. The molecule has 4 heteroatoms. The molecule has 0 bridgehead atoms.